The van der Waals surface area contributed by atoms with E-state index >= 15 is 0 Å². The Morgan fingerprint density at radius 2 is 2.14 bits per heavy atom. The molecule has 0 radical (unpaired) electrons. The SMILES string of the molecule is Cc1cc(C(=O)Nc2nn[nH]n2)nn1-c1ccc(Cl)cc1Cl. The first kappa shape index (κ1) is 14.5. The van der Waals surface area contributed by atoms with Crippen molar-refractivity contribution in [3.05, 3.63) is 45.7 Å². The van der Waals surface area contributed by atoms with Crippen molar-refractivity contribution in [2.24, 2.45) is 0 Å². The molecule has 0 fully saturated rings. The number of rotatable bonds is 3. The van der Waals surface area contributed by atoms with Crippen LogP contribution in [0.15, 0.2) is 24.3 Å². The molecule has 0 saturated carbocycles. The summed E-state index contributed by atoms with van der Waals surface area (Å²) in [6.07, 6.45) is 0. The van der Waals surface area contributed by atoms with Gasteiger partial charge in [-0.15, -0.1) is 5.10 Å². The van der Waals surface area contributed by atoms with Gasteiger partial charge >= 0.3 is 0 Å². The molecule has 0 aliphatic heterocycles. The fourth-order valence-electron chi connectivity index (χ4n) is 1.86. The minimum atomic E-state index is -0.451. The van der Waals surface area contributed by atoms with Crippen LogP contribution in [0.4, 0.5) is 5.95 Å². The number of carbonyl (C=O) groups is 1. The van der Waals surface area contributed by atoms with Crippen LogP contribution in [0.2, 0.25) is 10.0 Å². The number of carbonyl (C=O) groups excluding carboxylic acids is 1. The molecule has 2 aromatic heterocycles. The first-order valence-corrected chi connectivity index (χ1v) is 6.87. The van der Waals surface area contributed by atoms with Crippen LogP contribution in [0, 0.1) is 6.92 Å². The van der Waals surface area contributed by atoms with E-state index in [2.05, 4.69) is 31.0 Å². The van der Waals surface area contributed by atoms with Gasteiger partial charge in [0.05, 0.1) is 10.7 Å². The molecule has 0 spiro atoms. The van der Waals surface area contributed by atoms with Gasteiger partial charge in [0.1, 0.15) is 0 Å². The normalized spacial score (nSPS) is 10.7. The van der Waals surface area contributed by atoms with Crippen molar-refractivity contribution in [3.63, 3.8) is 0 Å². The van der Waals surface area contributed by atoms with E-state index in [1.54, 1.807) is 28.9 Å². The number of aryl methyl sites for hydroxylation is 1. The average Bonchev–Trinajstić information content (AvgIpc) is 3.09. The number of hydrogen-bond donors (Lipinski definition) is 2. The Bertz CT molecular complexity index is 828. The molecule has 0 atom stereocenters. The zero-order valence-corrected chi connectivity index (χ0v) is 12.7. The fourth-order valence-corrected chi connectivity index (χ4v) is 2.35. The topological polar surface area (TPSA) is 101 Å². The van der Waals surface area contributed by atoms with E-state index in [4.69, 9.17) is 23.2 Å². The number of nitrogens with zero attached hydrogens (tertiary/aromatic N) is 5. The second-order valence-electron chi connectivity index (χ2n) is 4.37. The van der Waals surface area contributed by atoms with Crippen LogP contribution >= 0.6 is 23.2 Å². The van der Waals surface area contributed by atoms with E-state index in [1.165, 1.54) is 0 Å². The molecule has 1 aromatic carbocycles. The van der Waals surface area contributed by atoms with Gasteiger partial charge in [0, 0.05) is 10.7 Å². The van der Waals surface area contributed by atoms with E-state index in [0.717, 1.165) is 5.69 Å². The molecule has 10 heteroatoms. The van der Waals surface area contributed by atoms with Crippen LogP contribution in [0.5, 0.6) is 0 Å². The highest BCUT2D eigenvalue weighted by Gasteiger charge is 2.16. The van der Waals surface area contributed by atoms with Crippen LogP contribution in [0.1, 0.15) is 16.2 Å². The number of anilines is 1. The molecule has 0 saturated heterocycles. The summed E-state index contributed by atoms with van der Waals surface area (Å²) in [5.41, 5.74) is 1.57. The van der Waals surface area contributed by atoms with Crippen LogP contribution in [-0.2, 0) is 0 Å². The molecule has 8 nitrogen and oxygen atoms in total. The smallest absolute Gasteiger partial charge is 0.278 e. The number of hydrogen-bond acceptors (Lipinski definition) is 5. The number of benzene rings is 1. The molecule has 3 aromatic rings. The van der Waals surface area contributed by atoms with Crippen LogP contribution in [0.3, 0.4) is 0 Å². The minimum absolute atomic E-state index is 0.0710. The number of halogens is 2. The van der Waals surface area contributed by atoms with Gasteiger partial charge in [0.25, 0.3) is 11.9 Å². The first-order valence-electron chi connectivity index (χ1n) is 6.11. The van der Waals surface area contributed by atoms with Gasteiger partial charge < -0.3 is 0 Å². The maximum absolute atomic E-state index is 12.1. The molecule has 0 aliphatic rings. The Kier molecular flexibility index (Phi) is 3.78. The first-order chi connectivity index (χ1) is 10.5. The fraction of sp³-hybridized carbons (Fsp3) is 0.0833. The Labute approximate surface area is 134 Å². The number of nitrogens with one attached hydrogen (secondary N) is 2. The summed E-state index contributed by atoms with van der Waals surface area (Å²) in [6, 6.07) is 6.66. The van der Waals surface area contributed by atoms with E-state index < -0.39 is 5.91 Å². The Hall–Kier alpha value is -2.45. The summed E-state index contributed by atoms with van der Waals surface area (Å²) >= 11 is 12.0. The maximum atomic E-state index is 12.1. The number of aromatic amines is 1. The van der Waals surface area contributed by atoms with Gasteiger partial charge in [-0.25, -0.2) is 4.68 Å². The van der Waals surface area contributed by atoms with Gasteiger partial charge in [-0.1, -0.05) is 28.3 Å². The molecular formula is C12H9Cl2N7O. The molecule has 2 heterocycles. The average molecular weight is 338 g/mol. The highest BCUT2D eigenvalue weighted by molar-refractivity contribution is 6.35. The molecule has 112 valence electrons. The van der Waals surface area contributed by atoms with Crippen molar-refractivity contribution in [3.8, 4) is 5.69 Å². The lowest BCUT2D eigenvalue weighted by Gasteiger charge is -2.06. The molecule has 0 unspecified atom stereocenters. The second-order valence-corrected chi connectivity index (χ2v) is 5.21. The van der Waals surface area contributed by atoms with Crippen LogP contribution < -0.4 is 5.32 Å². The zero-order valence-electron chi connectivity index (χ0n) is 11.2. The lowest BCUT2D eigenvalue weighted by molar-refractivity contribution is 0.102. The largest absolute Gasteiger partial charge is 0.286 e. The monoisotopic (exact) mass is 337 g/mol. The van der Waals surface area contributed by atoms with Crippen molar-refractivity contribution in [1.82, 2.24) is 30.4 Å². The number of H-pyrrole nitrogens is 1. The van der Waals surface area contributed by atoms with Crippen molar-refractivity contribution in [2.45, 2.75) is 6.92 Å². The molecule has 2 N–H and O–H groups in total. The standard InChI is InChI=1S/C12H9Cl2N7O/c1-6-4-9(11(22)15-12-16-19-20-17-12)18-21(6)10-3-2-7(13)5-8(10)14/h2-5H,1H3,(H2,15,16,17,19,20,22). The lowest BCUT2D eigenvalue weighted by Crippen LogP contribution is -2.14. The highest BCUT2D eigenvalue weighted by Crippen LogP contribution is 2.25. The van der Waals surface area contributed by atoms with Gasteiger partial charge in [-0.2, -0.15) is 10.3 Å². The summed E-state index contributed by atoms with van der Waals surface area (Å²) < 4.78 is 1.56. The van der Waals surface area contributed by atoms with E-state index in [9.17, 15) is 4.79 Å². The maximum Gasteiger partial charge on any atom is 0.278 e. The number of amides is 1. The van der Waals surface area contributed by atoms with Crippen molar-refractivity contribution >= 4 is 35.1 Å². The second kappa shape index (κ2) is 5.74. The summed E-state index contributed by atoms with van der Waals surface area (Å²) in [5.74, 6) is -0.380. The molecule has 1 amide bonds. The van der Waals surface area contributed by atoms with Gasteiger partial charge in [0.2, 0.25) is 0 Å². The Morgan fingerprint density at radius 3 is 2.82 bits per heavy atom. The highest BCUT2D eigenvalue weighted by atomic mass is 35.5. The minimum Gasteiger partial charge on any atom is -0.286 e. The van der Waals surface area contributed by atoms with Crippen LogP contribution in [-0.4, -0.2) is 36.3 Å². The van der Waals surface area contributed by atoms with Gasteiger partial charge in [-0.3, -0.25) is 10.1 Å². The number of tetrazole rings is 1. The van der Waals surface area contributed by atoms with Gasteiger partial charge in [-0.05, 0) is 36.4 Å². The Balaban J connectivity index is 1.92. The van der Waals surface area contributed by atoms with E-state index in [0.29, 0.717) is 15.7 Å². The van der Waals surface area contributed by atoms with Gasteiger partial charge in [0.15, 0.2) is 5.69 Å². The third kappa shape index (κ3) is 2.78. The molecule has 0 bridgehead atoms. The zero-order chi connectivity index (χ0) is 15.7. The van der Waals surface area contributed by atoms with Crippen molar-refractivity contribution in [1.29, 1.82) is 0 Å². The summed E-state index contributed by atoms with van der Waals surface area (Å²) in [6.45, 7) is 1.81. The molecule has 3 rings (SSSR count). The molecular weight excluding hydrogens is 329 g/mol. The molecule has 0 aliphatic carbocycles. The molecule has 22 heavy (non-hydrogen) atoms. The quantitative estimate of drug-likeness (QED) is 0.763. The van der Waals surface area contributed by atoms with Crippen molar-refractivity contribution in [2.75, 3.05) is 5.32 Å². The predicted molar refractivity (Wildman–Crippen MR) is 80.5 cm³/mol. The Morgan fingerprint density at radius 1 is 1.32 bits per heavy atom. The number of aromatic nitrogens is 6. The van der Waals surface area contributed by atoms with Crippen LogP contribution in [0.25, 0.3) is 5.69 Å². The van der Waals surface area contributed by atoms with E-state index in [-0.39, 0.29) is 11.6 Å². The lowest BCUT2D eigenvalue weighted by atomic mass is 10.3. The summed E-state index contributed by atoms with van der Waals surface area (Å²) in [4.78, 5) is 12.1. The predicted octanol–water partition coefficient (Wildman–Crippen LogP) is 2.25. The third-order valence-corrected chi connectivity index (χ3v) is 3.37. The summed E-state index contributed by atoms with van der Waals surface area (Å²) in [5, 5.41) is 20.5. The third-order valence-electron chi connectivity index (χ3n) is 2.83. The summed E-state index contributed by atoms with van der Waals surface area (Å²) in [7, 11) is 0. The van der Waals surface area contributed by atoms with E-state index in [1.807, 2.05) is 6.92 Å². The van der Waals surface area contributed by atoms with Crippen molar-refractivity contribution < 1.29 is 4.79 Å².